The van der Waals surface area contributed by atoms with Gasteiger partial charge in [0.1, 0.15) is 12.4 Å². The molecule has 0 aliphatic carbocycles. The Morgan fingerprint density at radius 3 is 2.60 bits per heavy atom. The Morgan fingerprint density at radius 1 is 1.12 bits per heavy atom. The summed E-state index contributed by atoms with van der Waals surface area (Å²) in [7, 11) is 0. The van der Waals surface area contributed by atoms with Crippen molar-refractivity contribution in [3.63, 3.8) is 0 Å². The molecule has 0 aliphatic heterocycles. The minimum Gasteiger partial charge on any atom is -0.352 e. The van der Waals surface area contributed by atoms with E-state index in [1.54, 1.807) is 0 Å². The van der Waals surface area contributed by atoms with Gasteiger partial charge < -0.3 is 9.88 Å². The van der Waals surface area contributed by atoms with Crippen LogP contribution in [0.5, 0.6) is 0 Å². The lowest BCUT2D eigenvalue weighted by atomic mass is 10.2. The zero-order chi connectivity index (χ0) is 17.6. The molecule has 0 aliphatic rings. The largest absolute Gasteiger partial charge is 0.352 e. The van der Waals surface area contributed by atoms with Crippen LogP contribution in [0.15, 0.2) is 54.6 Å². The summed E-state index contributed by atoms with van der Waals surface area (Å²) in [5.74, 6) is 0.788. The van der Waals surface area contributed by atoms with E-state index in [1.165, 1.54) is 0 Å². The molecule has 25 heavy (non-hydrogen) atoms. The summed E-state index contributed by atoms with van der Waals surface area (Å²) < 4.78 is 1.96. The van der Waals surface area contributed by atoms with Gasteiger partial charge in [-0.2, -0.15) is 0 Å². The van der Waals surface area contributed by atoms with Crippen LogP contribution < -0.4 is 5.32 Å². The van der Waals surface area contributed by atoms with Gasteiger partial charge in [0, 0.05) is 6.04 Å². The molecule has 1 unspecified atom stereocenters. The molecule has 0 fully saturated rings. The van der Waals surface area contributed by atoms with E-state index in [0.29, 0.717) is 0 Å². The van der Waals surface area contributed by atoms with Gasteiger partial charge in [-0.1, -0.05) is 55.5 Å². The molecular formula is C21H23N3O. The first-order chi connectivity index (χ1) is 12.2. The molecule has 4 heteroatoms. The Kier molecular flexibility index (Phi) is 5.29. The molecule has 3 rings (SSSR count). The second-order valence-corrected chi connectivity index (χ2v) is 6.17. The van der Waals surface area contributed by atoms with Gasteiger partial charge in [-0.3, -0.25) is 4.79 Å². The molecule has 1 N–H and O–H groups in total. The highest BCUT2D eigenvalue weighted by Gasteiger charge is 2.13. The van der Waals surface area contributed by atoms with E-state index < -0.39 is 0 Å². The number of imidazole rings is 1. The molecule has 3 aromatic rings. The number of hydrogen-bond acceptors (Lipinski definition) is 2. The smallest absolute Gasteiger partial charge is 0.240 e. The van der Waals surface area contributed by atoms with Gasteiger partial charge in [0.2, 0.25) is 5.91 Å². The van der Waals surface area contributed by atoms with Crippen LogP contribution in [0.2, 0.25) is 0 Å². The van der Waals surface area contributed by atoms with Gasteiger partial charge in [0.15, 0.2) is 0 Å². The summed E-state index contributed by atoms with van der Waals surface area (Å²) in [6.07, 6.45) is 4.90. The minimum absolute atomic E-state index is 0.00636. The Balaban J connectivity index is 1.92. The van der Waals surface area contributed by atoms with Crippen molar-refractivity contribution < 1.29 is 4.79 Å². The van der Waals surface area contributed by atoms with E-state index in [2.05, 4.69) is 17.2 Å². The lowest BCUT2D eigenvalue weighted by Gasteiger charge is -2.13. The number of carbonyl (C=O) groups excluding carboxylic acids is 1. The predicted molar refractivity (Wildman–Crippen MR) is 103 cm³/mol. The topological polar surface area (TPSA) is 46.9 Å². The zero-order valence-electron chi connectivity index (χ0n) is 14.6. The van der Waals surface area contributed by atoms with Crippen molar-refractivity contribution >= 4 is 29.1 Å². The summed E-state index contributed by atoms with van der Waals surface area (Å²) >= 11 is 0. The standard InChI is InChI=1S/C21H23N3O/c1-3-16(2)22-21(25)15-24-19-12-8-7-11-18(19)23-20(24)14-13-17-9-5-4-6-10-17/h4-14,16H,3,15H2,1-2H3,(H,22,25)/b14-13+. The first-order valence-corrected chi connectivity index (χ1v) is 8.65. The number of para-hydroxylation sites is 2. The fraction of sp³-hybridized carbons (Fsp3) is 0.238. The van der Waals surface area contributed by atoms with E-state index >= 15 is 0 Å². The van der Waals surface area contributed by atoms with Crippen LogP contribution in [-0.4, -0.2) is 21.5 Å². The Hall–Kier alpha value is -2.88. The van der Waals surface area contributed by atoms with Crippen molar-refractivity contribution in [2.45, 2.75) is 32.9 Å². The number of nitrogens with one attached hydrogen (secondary N) is 1. The molecule has 1 aromatic heterocycles. The molecular weight excluding hydrogens is 310 g/mol. The summed E-state index contributed by atoms with van der Waals surface area (Å²) in [4.78, 5) is 17.0. The van der Waals surface area contributed by atoms with E-state index in [4.69, 9.17) is 0 Å². The third kappa shape index (κ3) is 4.15. The fourth-order valence-corrected chi connectivity index (χ4v) is 2.69. The number of hydrogen-bond donors (Lipinski definition) is 1. The van der Waals surface area contributed by atoms with Crippen LogP contribution in [0.3, 0.4) is 0 Å². The molecule has 0 radical (unpaired) electrons. The summed E-state index contributed by atoms with van der Waals surface area (Å²) in [5.41, 5.74) is 2.96. The van der Waals surface area contributed by atoms with E-state index in [0.717, 1.165) is 28.8 Å². The average molecular weight is 333 g/mol. The van der Waals surface area contributed by atoms with E-state index in [9.17, 15) is 4.79 Å². The Labute approximate surface area is 148 Å². The number of rotatable bonds is 6. The highest BCUT2D eigenvalue weighted by molar-refractivity contribution is 5.83. The van der Waals surface area contributed by atoms with E-state index in [-0.39, 0.29) is 18.5 Å². The summed E-state index contributed by atoms with van der Waals surface area (Å²) in [6.45, 7) is 4.34. The monoisotopic (exact) mass is 333 g/mol. The Bertz CT molecular complexity index is 881. The normalized spacial score (nSPS) is 12.6. The number of benzene rings is 2. The SMILES string of the molecule is CCC(C)NC(=O)Cn1c(/C=C/c2ccccc2)nc2ccccc21. The lowest BCUT2D eigenvalue weighted by Crippen LogP contribution is -2.34. The van der Waals surface area contributed by atoms with Gasteiger partial charge in [0.25, 0.3) is 0 Å². The number of amides is 1. The van der Waals surface area contributed by atoms with Crippen LogP contribution in [-0.2, 0) is 11.3 Å². The zero-order valence-corrected chi connectivity index (χ0v) is 14.6. The number of carbonyl (C=O) groups is 1. The maximum atomic E-state index is 12.4. The molecule has 4 nitrogen and oxygen atoms in total. The molecule has 1 amide bonds. The molecule has 2 aromatic carbocycles. The van der Waals surface area contributed by atoms with Crippen molar-refractivity contribution in [2.24, 2.45) is 0 Å². The quantitative estimate of drug-likeness (QED) is 0.737. The molecule has 0 bridgehead atoms. The second kappa shape index (κ2) is 7.79. The highest BCUT2D eigenvalue weighted by atomic mass is 16.2. The maximum Gasteiger partial charge on any atom is 0.240 e. The molecule has 0 saturated carbocycles. The van der Waals surface area contributed by atoms with Crippen LogP contribution in [0, 0.1) is 0 Å². The van der Waals surface area contributed by atoms with Gasteiger partial charge >= 0.3 is 0 Å². The van der Waals surface area contributed by atoms with Gasteiger partial charge in [-0.15, -0.1) is 0 Å². The predicted octanol–water partition coefficient (Wildman–Crippen LogP) is 4.12. The molecule has 1 heterocycles. The maximum absolute atomic E-state index is 12.4. The number of fused-ring (bicyclic) bond motifs is 1. The van der Waals surface area contributed by atoms with Crippen LogP contribution in [0.1, 0.15) is 31.7 Å². The minimum atomic E-state index is 0.00636. The van der Waals surface area contributed by atoms with Crippen LogP contribution in [0.4, 0.5) is 0 Å². The van der Waals surface area contributed by atoms with Crippen molar-refractivity contribution in [3.05, 3.63) is 66.0 Å². The van der Waals surface area contributed by atoms with Crippen molar-refractivity contribution in [3.8, 4) is 0 Å². The van der Waals surface area contributed by atoms with Crippen LogP contribution in [0.25, 0.3) is 23.2 Å². The summed E-state index contributed by atoms with van der Waals surface area (Å²) in [5, 5.41) is 3.02. The van der Waals surface area contributed by atoms with Gasteiger partial charge in [-0.25, -0.2) is 4.98 Å². The first-order valence-electron chi connectivity index (χ1n) is 8.65. The first kappa shape index (κ1) is 17.0. The Morgan fingerprint density at radius 2 is 1.84 bits per heavy atom. The lowest BCUT2D eigenvalue weighted by molar-refractivity contribution is -0.122. The second-order valence-electron chi connectivity index (χ2n) is 6.17. The van der Waals surface area contributed by atoms with Crippen molar-refractivity contribution in [2.75, 3.05) is 0 Å². The highest BCUT2D eigenvalue weighted by Crippen LogP contribution is 2.18. The number of nitrogens with zero attached hydrogens (tertiary/aromatic N) is 2. The number of aromatic nitrogens is 2. The van der Waals surface area contributed by atoms with Crippen molar-refractivity contribution in [1.29, 1.82) is 0 Å². The van der Waals surface area contributed by atoms with Crippen molar-refractivity contribution in [1.82, 2.24) is 14.9 Å². The van der Waals surface area contributed by atoms with Gasteiger partial charge in [-0.05, 0) is 37.1 Å². The molecule has 1 atom stereocenters. The third-order valence-electron chi connectivity index (χ3n) is 4.23. The summed E-state index contributed by atoms with van der Waals surface area (Å²) in [6, 6.07) is 18.2. The van der Waals surface area contributed by atoms with Crippen LogP contribution >= 0.6 is 0 Å². The molecule has 0 saturated heterocycles. The molecule has 128 valence electrons. The molecule has 0 spiro atoms. The fourth-order valence-electron chi connectivity index (χ4n) is 2.69. The van der Waals surface area contributed by atoms with E-state index in [1.807, 2.05) is 78.2 Å². The van der Waals surface area contributed by atoms with Gasteiger partial charge in [0.05, 0.1) is 11.0 Å². The average Bonchev–Trinajstić information content (AvgIpc) is 2.98. The third-order valence-corrected chi connectivity index (χ3v) is 4.23.